The van der Waals surface area contributed by atoms with Crippen molar-refractivity contribution in [3.63, 3.8) is 0 Å². The molecular formula is C25H52N8O4. The Balaban J connectivity index is 5.29. The molecule has 12 N–H and O–H groups in total. The van der Waals surface area contributed by atoms with E-state index in [1.165, 1.54) is 0 Å². The summed E-state index contributed by atoms with van der Waals surface area (Å²) in [5.74, 6) is -1.61. The number of carbonyl (C=O) groups is 4. The van der Waals surface area contributed by atoms with Gasteiger partial charge in [0.15, 0.2) is 0 Å². The number of amides is 4. The molecule has 0 aliphatic carbocycles. The Labute approximate surface area is 222 Å². The van der Waals surface area contributed by atoms with Crippen LogP contribution in [0.15, 0.2) is 0 Å². The third kappa shape index (κ3) is 15.5. The van der Waals surface area contributed by atoms with E-state index in [1.807, 2.05) is 6.92 Å². The Morgan fingerprint density at radius 3 is 1.51 bits per heavy atom. The van der Waals surface area contributed by atoms with Gasteiger partial charge in [-0.2, -0.15) is 0 Å². The average Bonchev–Trinajstić information content (AvgIpc) is 2.88. The van der Waals surface area contributed by atoms with Gasteiger partial charge in [-0.15, -0.1) is 0 Å². The molecule has 0 radical (unpaired) electrons. The second-order valence-corrected chi connectivity index (χ2v) is 9.34. The molecule has 12 heteroatoms. The lowest BCUT2D eigenvalue weighted by atomic mass is 10.0. The van der Waals surface area contributed by atoms with Crippen LogP contribution >= 0.6 is 0 Å². The quantitative estimate of drug-likeness (QED) is 0.0820. The number of hydrogen-bond donors (Lipinski definition) is 8. The molecule has 0 fully saturated rings. The molecule has 4 unspecified atom stereocenters. The second-order valence-electron chi connectivity index (χ2n) is 9.34. The van der Waals surface area contributed by atoms with Crippen LogP contribution in [0.3, 0.4) is 0 Å². The van der Waals surface area contributed by atoms with Crippen LogP contribution in [0.5, 0.6) is 0 Å². The van der Waals surface area contributed by atoms with E-state index in [0.29, 0.717) is 77.5 Å². The molecule has 0 aromatic carbocycles. The Morgan fingerprint density at radius 1 is 0.595 bits per heavy atom. The highest BCUT2D eigenvalue weighted by Gasteiger charge is 2.29. The number of nitrogens with two attached hydrogens (primary N) is 4. The third-order valence-corrected chi connectivity index (χ3v) is 6.06. The summed E-state index contributed by atoms with van der Waals surface area (Å²) >= 11 is 0. The van der Waals surface area contributed by atoms with Crippen LogP contribution in [0.1, 0.15) is 84.5 Å². The van der Waals surface area contributed by atoms with E-state index in [9.17, 15) is 19.2 Å². The lowest BCUT2D eigenvalue weighted by Gasteiger charge is -2.25. The van der Waals surface area contributed by atoms with Gasteiger partial charge in [0.2, 0.25) is 23.6 Å². The number of nitrogens with one attached hydrogen (secondary N) is 4. The summed E-state index contributed by atoms with van der Waals surface area (Å²) in [5, 5.41) is 11.1. The van der Waals surface area contributed by atoms with Crippen LogP contribution < -0.4 is 44.2 Å². The highest BCUT2D eigenvalue weighted by molar-refractivity contribution is 5.94. The van der Waals surface area contributed by atoms with Gasteiger partial charge < -0.3 is 44.2 Å². The van der Waals surface area contributed by atoms with E-state index in [-0.39, 0.29) is 5.91 Å². The Kier molecular flexibility index (Phi) is 20.4. The number of carbonyl (C=O) groups excluding carboxylic acids is 4. The number of unbranched alkanes of at least 4 members (excludes halogenated alkanes) is 3. The third-order valence-electron chi connectivity index (χ3n) is 6.06. The first kappa shape index (κ1) is 34.7. The standard InChI is InChI=1S/C25H52N8O4/c1-3-17-30-23(35)20(12-6-9-15-27)33-24(36)19(4-2)31-25(37)21(13-7-10-16-28)32-22(34)18(29)11-5-8-14-26/h18-21H,3-17,26-29H2,1-2H3,(H,30,35)(H,31,37)(H,32,34)(H,33,36). The fourth-order valence-corrected chi connectivity index (χ4v) is 3.71. The zero-order valence-electron chi connectivity index (χ0n) is 22.9. The molecule has 0 bridgehead atoms. The van der Waals surface area contributed by atoms with Crippen LogP contribution in [0.2, 0.25) is 0 Å². The molecule has 12 nitrogen and oxygen atoms in total. The van der Waals surface area contributed by atoms with Gasteiger partial charge in [-0.25, -0.2) is 0 Å². The van der Waals surface area contributed by atoms with Crippen LogP contribution in [-0.2, 0) is 19.2 Å². The second kappa shape index (κ2) is 21.8. The maximum Gasteiger partial charge on any atom is 0.243 e. The molecule has 4 atom stereocenters. The SMILES string of the molecule is CCCNC(=O)C(CCCCN)NC(=O)C(CC)NC(=O)C(CCCCN)NC(=O)C(N)CCCCN. The lowest BCUT2D eigenvalue weighted by molar-refractivity contribution is -0.134. The zero-order valence-corrected chi connectivity index (χ0v) is 22.9. The molecule has 0 aliphatic heterocycles. The molecule has 0 rings (SSSR count). The molecule has 0 aromatic rings. The normalized spacial score (nSPS) is 14.2. The van der Waals surface area contributed by atoms with E-state index < -0.39 is 41.9 Å². The van der Waals surface area contributed by atoms with Crippen LogP contribution in [0.4, 0.5) is 0 Å². The van der Waals surface area contributed by atoms with Crippen molar-refractivity contribution < 1.29 is 19.2 Å². The smallest absolute Gasteiger partial charge is 0.243 e. The highest BCUT2D eigenvalue weighted by atomic mass is 16.2. The molecule has 0 spiro atoms. The number of rotatable bonds is 22. The van der Waals surface area contributed by atoms with Gasteiger partial charge in [0.25, 0.3) is 0 Å². The predicted octanol–water partition coefficient (Wildman–Crippen LogP) is -0.909. The molecule has 0 aliphatic rings. The van der Waals surface area contributed by atoms with Gasteiger partial charge in [0.1, 0.15) is 18.1 Å². The first-order chi connectivity index (χ1) is 17.7. The molecule has 0 aromatic heterocycles. The van der Waals surface area contributed by atoms with E-state index in [1.54, 1.807) is 6.92 Å². The minimum Gasteiger partial charge on any atom is -0.354 e. The largest absolute Gasteiger partial charge is 0.354 e. The van der Waals surface area contributed by atoms with Gasteiger partial charge in [0, 0.05) is 6.54 Å². The van der Waals surface area contributed by atoms with Crippen LogP contribution in [0, 0.1) is 0 Å². The summed E-state index contributed by atoms with van der Waals surface area (Å²) in [7, 11) is 0. The van der Waals surface area contributed by atoms with Gasteiger partial charge >= 0.3 is 0 Å². The van der Waals surface area contributed by atoms with Crippen molar-refractivity contribution >= 4 is 23.6 Å². The number of hydrogen-bond acceptors (Lipinski definition) is 8. The fraction of sp³-hybridized carbons (Fsp3) is 0.840. The molecule has 4 amide bonds. The summed E-state index contributed by atoms with van der Waals surface area (Å²) in [4.78, 5) is 51.3. The van der Waals surface area contributed by atoms with Crippen molar-refractivity contribution in [3.8, 4) is 0 Å². The molecular weight excluding hydrogens is 476 g/mol. The van der Waals surface area contributed by atoms with Gasteiger partial charge in [0.05, 0.1) is 6.04 Å². The molecule has 0 heterocycles. The van der Waals surface area contributed by atoms with Crippen molar-refractivity contribution in [3.05, 3.63) is 0 Å². The van der Waals surface area contributed by atoms with E-state index in [2.05, 4.69) is 21.3 Å². The van der Waals surface area contributed by atoms with Crippen LogP contribution in [0.25, 0.3) is 0 Å². The summed E-state index contributed by atoms with van der Waals surface area (Å²) in [6.07, 6.45) is 6.58. The monoisotopic (exact) mass is 528 g/mol. The molecule has 216 valence electrons. The predicted molar refractivity (Wildman–Crippen MR) is 146 cm³/mol. The Morgan fingerprint density at radius 2 is 1.03 bits per heavy atom. The Bertz CT molecular complexity index is 665. The van der Waals surface area contributed by atoms with Crippen molar-refractivity contribution in [2.24, 2.45) is 22.9 Å². The van der Waals surface area contributed by atoms with Crippen molar-refractivity contribution in [2.45, 2.75) is 109 Å². The van der Waals surface area contributed by atoms with Crippen molar-refractivity contribution in [1.29, 1.82) is 0 Å². The maximum atomic E-state index is 13.1. The minimum atomic E-state index is -0.865. The first-order valence-corrected chi connectivity index (χ1v) is 13.8. The van der Waals surface area contributed by atoms with E-state index in [4.69, 9.17) is 22.9 Å². The summed E-state index contributed by atoms with van der Waals surface area (Å²) in [5.41, 5.74) is 22.6. The van der Waals surface area contributed by atoms with Crippen molar-refractivity contribution in [2.75, 3.05) is 26.2 Å². The van der Waals surface area contributed by atoms with Gasteiger partial charge in [-0.1, -0.05) is 20.3 Å². The van der Waals surface area contributed by atoms with Crippen molar-refractivity contribution in [1.82, 2.24) is 21.3 Å². The lowest BCUT2D eigenvalue weighted by Crippen LogP contribution is -2.57. The molecule has 37 heavy (non-hydrogen) atoms. The minimum absolute atomic E-state index is 0.260. The van der Waals surface area contributed by atoms with Gasteiger partial charge in [-0.05, 0) is 83.8 Å². The summed E-state index contributed by atoms with van der Waals surface area (Å²) in [6, 6.07) is -3.19. The highest BCUT2D eigenvalue weighted by Crippen LogP contribution is 2.06. The van der Waals surface area contributed by atoms with Crippen LogP contribution in [-0.4, -0.2) is 74.0 Å². The maximum absolute atomic E-state index is 13.1. The molecule has 0 saturated carbocycles. The van der Waals surface area contributed by atoms with Gasteiger partial charge in [-0.3, -0.25) is 19.2 Å². The van der Waals surface area contributed by atoms with E-state index in [0.717, 1.165) is 19.3 Å². The topological polar surface area (TPSA) is 220 Å². The Hall–Kier alpha value is -2.28. The zero-order chi connectivity index (χ0) is 28.1. The van der Waals surface area contributed by atoms with E-state index >= 15 is 0 Å². The summed E-state index contributed by atoms with van der Waals surface area (Å²) in [6.45, 7) is 5.70. The first-order valence-electron chi connectivity index (χ1n) is 13.8. The average molecular weight is 529 g/mol. The fourth-order valence-electron chi connectivity index (χ4n) is 3.71. The summed E-state index contributed by atoms with van der Waals surface area (Å²) < 4.78 is 0. The molecule has 0 saturated heterocycles.